The second kappa shape index (κ2) is 5.81. The largest absolute Gasteiger partial charge is 0.508 e. The number of phenolic OH excluding ortho intramolecular Hbond substituents is 2. The molecule has 1 aromatic rings. The molecule has 0 unspecified atom stereocenters. The van der Waals surface area contributed by atoms with Crippen LogP contribution < -0.4 is 4.90 Å². The van der Waals surface area contributed by atoms with E-state index in [-0.39, 0.29) is 35.1 Å². The van der Waals surface area contributed by atoms with Gasteiger partial charge in [0, 0.05) is 5.56 Å². The fraction of sp³-hybridized carbons (Fsp3) is 0.533. The van der Waals surface area contributed by atoms with E-state index in [0.717, 1.165) is 18.0 Å². The van der Waals surface area contributed by atoms with E-state index in [1.54, 1.807) is 6.92 Å². The maximum atomic E-state index is 12.3. The number of hydrogen-bond donors (Lipinski definition) is 3. The van der Waals surface area contributed by atoms with Crippen LogP contribution in [-0.4, -0.2) is 47.8 Å². The molecular formula is C15H22NO4+. The number of quaternary nitrogens is 1. The molecule has 0 aliphatic carbocycles. The summed E-state index contributed by atoms with van der Waals surface area (Å²) >= 11 is 0. The van der Waals surface area contributed by atoms with Crippen molar-refractivity contribution in [3.05, 3.63) is 23.3 Å². The molecule has 0 saturated carbocycles. The number of Topliss-reactive ketones (excluding diaryl/α,β-unsaturated/α-hetero) is 1. The first kappa shape index (κ1) is 14.8. The number of rotatable bonds is 3. The van der Waals surface area contributed by atoms with Crippen molar-refractivity contribution < 1.29 is 24.6 Å². The van der Waals surface area contributed by atoms with Gasteiger partial charge in [-0.25, -0.2) is 0 Å². The Morgan fingerprint density at radius 1 is 1.30 bits per heavy atom. The first-order valence-corrected chi connectivity index (χ1v) is 6.92. The molecule has 1 fully saturated rings. The molecule has 1 heterocycles. The third-order valence-electron chi connectivity index (χ3n) is 3.73. The summed E-state index contributed by atoms with van der Waals surface area (Å²) in [4.78, 5) is 13.5. The molecule has 20 heavy (non-hydrogen) atoms. The van der Waals surface area contributed by atoms with Gasteiger partial charge in [-0.1, -0.05) is 0 Å². The van der Waals surface area contributed by atoms with Crippen LogP contribution in [0.3, 0.4) is 0 Å². The van der Waals surface area contributed by atoms with Crippen molar-refractivity contribution in [2.24, 2.45) is 0 Å². The van der Waals surface area contributed by atoms with Crippen LogP contribution in [-0.2, 0) is 4.74 Å². The Kier molecular flexibility index (Phi) is 4.30. The minimum atomic E-state index is -0.122. The van der Waals surface area contributed by atoms with Crippen molar-refractivity contribution >= 4 is 5.78 Å². The topological polar surface area (TPSA) is 71.2 Å². The molecule has 2 atom stereocenters. The summed E-state index contributed by atoms with van der Waals surface area (Å²) in [5, 5.41) is 19.5. The van der Waals surface area contributed by atoms with Crippen LogP contribution in [0.5, 0.6) is 11.5 Å². The van der Waals surface area contributed by atoms with Gasteiger partial charge in [-0.3, -0.25) is 4.79 Å². The Balaban J connectivity index is 2.11. The van der Waals surface area contributed by atoms with E-state index in [1.165, 1.54) is 12.1 Å². The van der Waals surface area contributed by atoms with Crippen LogP contribution in [0.25, 0.3) is 0 Å². The van der Waals surface area contributed by atoms with Gasteiger partial charge in [0.15, 0.2) is 0 Å². The van der Waals surface area contributed by atoms with E-state index >= 15 is 0 Å². The molecular weight excluding hydrogens is 258 g/mol. The van der Waals surface area contributed by atoms with Gasteiger partial charge >= 0.3 is 0 Å². The number of aromatic hydroxyl groups is 2. The van der Waals surface area contributed by atoms with Crippen LogP contribution in [0.15, 0.2) is 12.1 Å². The second-order valence-corrected chi connectivity index (χ2v) is 5.62. The molecule has 2 rings (SSSR count). The van der Waals surface area contributed by atoms with Crippen molar-refractivity contribution in [1.82, 2.24) is 0 Å². The number of nitrogens with one attached hydrogen (secondary N) is 1. The highest BCUT2D eigenvalue weighted by Crippen LogP contribution is 2.29. The zero-order valence-corrected chi connectivity index (χ0v) is 12.1. The van der Waals surface area contributed by atoms with E-state index < -0.39 is 0 Å². The number of carbonyl (C=O) groups excluding carboxylic acids is 1. The van der Waals surface area contributed by atoms with E-state index in [2.05, 4.69) is 0 Å². The Hall–Kier alpha value is -1.59. The van der Waals surface area contributed by atoms with Crippen LogP contribution in [0.1, 0.15) is 29.8 Å². The van der Waals surface area contributed by atoms with Crippen LogP contribution in [0.2, 0.25) is 0 Å². The predicted octanol–water partition coefficient (Wildman–Crippen LogP) is 0.281. The maximum Gasteiger partial charge on any atom is 0.220 e. The van der Waals surface area contributed by atoms with Crippen molar-refractivity contribution in [1.29, 1.82) is 0 Å². The highest BCUT2D eigenvalue weighted by Gasteiger charge is 2.28. The number of ketones is 1. The monoisotopic (exact) mass is 280 g/mol. The average molecular weight is 280 g/mol. The quantitative estimate of drug-likeness (QED) is 0.696. The highest BCUT2D eigenvalue weighted by atomic mass is 16.5. The number of hydrogen-bond acceptors (Lipinski definition) is 4. The standard InChI is InChI=1S/C15H21NO4/c1-9-6-16(7-10(2)20-9)8-14(18)12-4-5-13(17)11(3)15(12)19/h4-5,9-10,17,19H,6-8H2,1-3H3/p+1/t9-,10-/m1/s1. The predicted molar refractivity (Wildman–Crippen MR) is 74.4 cm³/mol. The van der Waals surface area contributed by atoms with Crippen molar-refractivity contribution in [3.63, 3.8) is 0 Å². The Morgan fingerprint density at radius 3 is 2.50 bits per heavy atom. The van der Waals surface area contributed by atoms with Gasteiger partial charge in [0.05, 0.1) is 5.56 Å². The fourth-order valence-corrected chi connectivity index (χ4v) is 2.77. The lowest BCUT2D eigenvalue weighted by molar-refractivity contribution is -0.906. The van der Waals surface area contributed by atoms with Crippen LogP contribution >= 0.6 is 0 Å². The zero-order chi connectivity index (χ0) is 14.9. The van der Waals surface area contributed by atoms with E-state index in [0.29, 0.717) is 12.1 Å². The minimum absolute atomic E-state index is 0.0000129. The van der Waals surface area contributed by atoms with Gasteiger partial charge in [0.2, 0.25) is 5.78 Å². The molecule has 0 amide bonds. The molecule has 1 saturated heterocycles. The third-order valence-corrected chi connectivity index (χ3v) is 3.73. The summed E-state index contributed by atoms with van der Waals surface area (Å²) in [6.07, 6.45) is 0.272. The summed E-state index contributed by atoms with van der Waals surface area (Å²) in [5.74, 6) is -0.231. The van der Waals surface area contributed by atoms with E-state index in [9.17, 15) is 15.0 Å². The van der Waals surface area contributed by atoms with Gasteiger partial charge in [0.25, 0.3) is 0 Å². The number of morpholine rings is 1. The number of benzene rings is 1. The number of phenols is 2. The van der Waals surface area contributed by atoms with E-state index in [1.807, 2.05) is 13.8 Å². The van der Waals surface area contributed by atoms with Crippen molar-refractivity contribution in [2.75, 3.05) is 19.6 Å². The summed E-state index contributed by atoms with van der Waals surface area (Å²) in [7, 11) is 0. The molecule has 3 N–H and O–H groups in total. The fourth-order valence-electron chi connectivity index (χ4n) is 2.77. The zero-order valence-electron chi connectivity index (χ0n) is 12.1. The molecule has 1 aromatic carbocycles. The SMILES string of the molecule is Cc1c(O)ccc(C(=O)C[NH+]2C[C@@H](C)O[C@H](C)C2)c1O. The van der Waals surface area contributed by atoms with Gasteiger partial charge in [-0.05, 0) is 32.9 Å². The lowest BCUT2D eigenvalue weighted by atomic mass is 10.0. The Bertz CT molecular complexity index is 505. The van der Waals surface area contributed by atoms with E-state index in [4.69, 9.17) is 4.74 Å². The van der Waals surface area contributed by atoms with Crippen LogP contribution in [0, 0.1) is 6.92 Å². The third kappa shape index (κ3) is 3.11. The first-order chi connectivity index (χ1) is 9.38. The highest BCUT2D eigenvalue weighted by molar-refractivity contribution is 5.99. The normalized spacial score (nSPS) is 26.4. The molecule has 0 spiro atoms. The van der Waals surface area contributed by atoms with Crippen molar-refractivity contribution in [3.8, 4) is 11.5 Å². The number of ether oxygens (including phenoxy) is 1. The first-order valence-electron chi connectivity index (χ1n) is 6.92. The molecule has 1 aliphatic rings. The average Bonchev–Trinajstić information content (AvgIpc) is 2.34. The lowest BCUT2D eigenvalue weighted by Gasteiger charge is -2.32. The number of carbonyl (C=O) groups is 1. The summed E-state index contributed by atoms with van der Waals surface area (Å²) < 4.78 is 5.65. The smallest absolute Gasteiger partial charge is 0.220 e. The Morgan fingerprint density at radius 2 is 1.90 bits per heavy atom. The van der Waals surface area contributed by atoms with Gasteiger partial charge in [0.1, 0.15) is 43.3 Å². The molecule has 5 nitrogen and oxygen atoms in total. The summed E-state index contributed by atoms with van der Waals surface area (Å²) in [6, 6.07) is 2.93. The molecule has 0 radical (unpaired) electrons. The molecule has 0 aromatic heterocycles. The lowest BCUT2D eigenvalue weighted by Crippen LogP contribution is -3.16. The van der Waals surface area contributed by atoms with Gasteiger partial charge < -0.3 is 19.8 Å². The van der Waals surface area contributed by atoms with Gasteiger partial charge in [-0.2, -0.15) is 0 Å². The second-order valence-electron chi connectivity index (χ2n) is 5.62. The van der Waals surface area contributed by atoms with Crippen LogP contribution in [0.4, 0.5) is 0 Å². The minimum Gasteiger partial charge on any atom is -0.508 e. The molecule has 0 bridgehead atoms. The van der Waals surface area contributed by atoms with Crippen molar-refractivity contribution in [2.45, 2.75) is 33.0 Å². The van der Waals surface area contributed by atoms with Gasteiger partial charge in [-0.15, -0.1) is 0 Å². The Labute approximate surface area is 118 Å². The maximum absolute atomic E-state index is 12.3. The molecule has 110 valence electrons. The summed E-state index contributed by atoms with van der Waals surface area (Å²) in [6.45, 7) is 7.50. The molecule has 1 aliphatic heterocycles. The summed E-state index contributed by atoms with van der Waals surface area (Å²) in [5.41, 5.74) is 0.620. The molecule has 5 heteroatoms.